The first kappa shape index (κ1) is 21.9. The van der Waals surface area contributed by atoms with Crippen molar-refractivity contribution in [3.05, 3.63) is 94.5 Å². The lowest BCUT2D eigenvalue weighted by molar-refractivity contribution is -0.110. The number of carbonyl (C=O) groups excluding carboxylic acids is 1. The summed E-state index contributed by atoms with van der Waals surface area (Å²) in [6.45, 7) is 3.65. The second-order valence-corrected chi connectivity index (χ2v) is 10.3. The van der Waals surface area contributed by atoms with Gasteiger partial charge < -0.3 is 0 Å². The van der Waals surface area contributed by atoms with Crippen LogP contribution in [0.3, 0.4) is 0 Å². The number of thioether (sulfide) groups is 1. The molecular formula is C26H23BrN4OS. The molecule has 33 heavy (non-hydrogen) atoms. The number of ketones is 1. The van der Waals surface area contributed by atoms with Crippen molar-refractivity contribution in [1.29, 1.82) is 0 Å². The van der Waals surface area contributed by atoms with Gasteiger partial charge in [-0.2, -0.15) is 10.2 Å². The van der Waals surface area contributed by atoms with E-state index in [0.717, 1.165) is 45.5 Å². The van der Waals surface area contributed by atoms with E-state index in [4.69, 9.17) is 10.2 Å². The van der Waals surface area contributed by atoms with E-state index in [-0.39, 0.29) is 5.78 Å². The van der Waals surface area contributed by atoms with E-state index in [2.05, 4.69) is 59.3 Å². The first-order chi connectivity index (χ1) is 16.0. The third-order valence-corrected chi connectivity index (χ3v) is 7.81. The van der Waals surface area contributed by atoms with Crippen LogP contribution >= 0.6 is 27.7 Å². The van der Waals surface area contributed by atoms with Gasteiger partial charge in [0.15, 0.2) is 10.8 Å². The third-order valence-electron chi connectivity index (χ3n) is 5.84. The lowest BCUT2D eigenvalue weighted by Gasteiger charge is -2.46. The van der Waals surface area contributed by atoms with Gasteiger partial charge in [-0.3, -0.25) is 4.79 Å². The molecule has 0 radical (unpaired) electrons. The van der Waals surface area contributed by atoms with Crippen molar-refractivity contribution in [3.8, 4) is 0 Å². The summed E-state index contributed by atoms with van der Waals surface area (Å²) in [6.07, 6.45) is 1.51. The van der Waals surface area contributed by atoms with E-state index in [9.17, 15) is 4.79 Å². The van der Waals surface area contributed by atoms with E-state index in [1.807, 2.05) is 52.5 Å². The molecule has 7 heteroatoms. The maximum atomic E-state index is 12.5. The van der Waals surface area contributed by atoms with Crippen molar-refractivity contribution in [2.45, 2.75) is 31.7 Å². The van der Waals surface area contributed by atoms with Crippen LogP contribution in [0.25, 0.3) is 0 Å². The molecule has 5 nitrogen and oxygen atoms in total. The Morgan fingerprint density at radius 2 is 1.64 bits per heavy atom. The molecule has 3 aromatic carbocycles. The second kappa shape index (κ2) is 8.80. The number of benzene rings is 3. The third kappa shape index (κ3) is 4.00. The number of hydrazone groups is 2. The van der Waals surface area contributed by atoms with E-state index in [0.29, 0.717) is 5.04 Å². The molecule has 3 aromatic rings. The second-order valence-electron chi connectivity index (χ2n) is 8.11. The van der Waals surface area contributed by atoms with Crippen LogP contribution in [0.5, 0.6) is 0 Å². The minimum absolute atomic E-state index is 0.0360. The molecule has 2 heterocycles. The molecule has 0 fully saturated rings. The van der Waals surface area contributed by atoms with Gasteiger partial charge in [0, 0.05) is 17.8 Å². The summed E-state index contributed by atoms with van der Waals surface area (Å²) in [5, 5.41) is 14.5. The van der Waals surface area contributed by atoms with Gasteiger partial charge in [0.25, 0.3) is 0 Å². The van der Waals surface area contributed by atoms with Crippen LogP contribution in [0.15, 0.2) is 93.5 Å². The topological polar surface area (TPSA) is 48.3 Å². The van der Waals surface area contributed by atoms with Crippen LogP contribution in [0.2, 0.25) is 0 Å². The predicted molar refractivity (Wildman–Crippen MR) is 141 cm³/mol. The van der Waals surface area contributed by atoms with Gasteiger partial charge in [0.2, 0.25) is 4.99 Å². The Labute approximate surface area is 206 Å². The Bertz CT molecular complexity index is 1260. The Hall–Kier alpha value is -2.90. The van der Waals surface area contributed by atoms with Crippen molar-refractivity contribution in [1.82, 2.24) is 0 Å². The SMILES string of the molecule is CC(=O)C1=NN(c2ccccc2C)[C@@]2(CCC(c3ccc(Br)cc3)=NN2c2ccccc2)S1. The van der Waals surface area contributed by atoms with Gasteiger partial charge in [-0.15, -0.1) is 0 Å². The highest BCUT2D eigenvalue weighted by Gasteiger charge is 2.53. The van der Waals surface area contributed by atoms with Crippen LogP contribution < -0.4 is 10.0 Å². The van der Waals surface area contributed by atoms with Crippen molar-refractivity contribution >= 4 is 55.6 Å². The Balaban J connectivity index is 1.68. The summed E-state index contributed by atoms with van der Waals surface area (Å²) < 4.78 is 1.04. The normalized spacial score (nSPS) is 20.1. The number of hydrogen-bond acceptors (Lipinski definition) is 6. The van der Waals surface area contributed by atoms with Crippen LogP contribution in [-0.2, 0) is 4.79 Å². The monoisotopic (exact) mass is 518 g/mol. The van der Waals surface area contributed by atoms with E-state index in [1.54, 1.807) is 6.92 Å². The minimum atomic E-state index is -0.673. The largest absolute Gasteiger partial charge is 0.292 e. The minimum Gasteiger partial charge on any atom is -0.292 e. The molecule has 5 rings (SSSR count). The number of anilines is 2. The molecule has 0 bridgehead atoms. The number of para-hydroxylation sites is 2. The molecule has 166 valence electrons. The van der Waals surface area contributed by atoms with Crippen molar-refractivity contribution < 1.29 is 4.79 Å². The fourth-order valence-corrected chi connectivity index (χ4v) is 5.67. The summed E-state index contributed by atoms with van der Waals surface area (Å²) in [7, 11) is 0. The molecule has 0 unspecified atom stereocenters. The summed E-state index contributed by atoms with van der Waals surface area (Å²) in [5.74, 6) is -0.0360. The zero-order chi connectivity index (χ0) is 23.0. The van der Waals surface area contributed by atoms with Crippen LogP contribution in [0.4, 0.5) is 11.4 Å². The van der Waals surface area contributed by atoms with E-state index < -0.39 is 4.99 Å². The molecule has 2 aliphatic heterocycles. The Morgan fingerprint density at radius 1 is 0.939 bits per heavy atom. The number of rotatable bonds is 4. The quantitative estimate of drug-likeness (QED) is 0.391. The lowest BCUT2D eigenvalue weighted by Crippen LogP contribution is -2.56. The fourth-order valence-electron chi connectivity index (χ4n) is 4.17. The standard InChI is InChI=1S/C26H23BrN4OS/c1-18-8-6-7-11-24(18)31-26(33-25(29-31)19(2)32)17-16-23(20-12-14-21(27)15-13-20)28-30(26)22-9-4-3-5-10-22/h3-15H,16-17H2,1-2H3/t26-/m0/s1. The van der Waals surface area contributed by atoms with Gasteiger partial charge in [-0.05, 0) is 66.6 Å². The summed E-state index contributed by atoms with van der Waals surface area (Å²) in [5.41, 5.74) is 5.13. The van der Waals surface area contributed by atoms with Crippen molar-refractivity contribution in [3.63, 3.8) is 0 Å². The highest BCUT2D eigenvalue weighted by atomic mass is 79.9. The molecule has 2 aliphatic rings. The Morgan fingerprint density at radius 3 is 2.33 bits per heavy atom. The smallest absolute Gasteiger partial charge is 0.208 e. The molecular weight excluding hydrogens is 496 g/mol. The molecule has 0 N–H and O–H groups in total. The summed E-state index contributed by atoms with van der Waals surface area (Å²) >= 11 is 5.01. The number of halogens is 1. The lowest BCUT2D eigenvalue weighted by atomic mass is 10.0. The number of Topliss-reactive ketones (excluding diaryl/α,β-unsaturated/α-hetero) is 1. The molecule has 1 spiro atoms. The number of nitrogens with zero attached hydrogens (tertiary/aromatic N) is 4. The Kier molecular flexibility index (Phi) is 5.85. The molecule has 0 saturated carbocycles. The van der Waals surface area contributed by atoms with Gasteiger partial charge in [-0.25, -0.2) is 10.0 Å². The van der Waals surface area contributed by atoms with Crippen LogP contribution in [-0.4, -0.2) is 21.5 Å². The van der Waals surface area contributed by atoms with Gasteiger partial charge in [0.05, 0.1) is 17.1 Å². The first-order valence-electron chi connectivity index (χ1n) is 10.8. The maximum absolute atomic E-state index is 12.5. The highest BCUT2D eigenvalue weighted by Crippen LogP contribution is 2.50. The van der Waals surface area contributed by atoms with E-state index >= 15 is 0 Å². The predicted octanol–water partition coefficient (Wildman–Crippen LogP) is 6.57. The number of aryl methyl sites for hydroxylation is 1. The average molecular weight is 519 g/mol. The number of carbonyl (C=O) groups is 1. The molecule has 0 aliphatic carbocycles. The average Bonchev–Trinajstić information content (AvgIpc) is 3.21. The van der Waals surface area contributed by atoms with E-state index in [1.165, 1.54) is 11.8 Å². The van der Waals surface area contributed by atoms with Crippen molar-refractivity contribution in [2.24, 2.45) is 10.2 Å². The highest BCUT2D eigenvalue weighted by molar-refractivity contribution is 9.10. The fraction of sp³-hybridized carbons (Fsp3) is 0.192. The zero-order valence-corrected chi connectivity index (χ0v) is 20.8. The molecule has 0 amide bonds. The molecule has 1 atom stereocenters. The maximum Gasteiger partial charge on any atom is 0.208 e. The summed E-state index contributed by atoms with van der Waals surface area (Å²) in [4.78, 5) is 11.8. The van der Waals surface area contributed by atoms with Gasteiger partial charge >= 0.3 is 0 Å². The van der Waals surface area contributed by atoms with Crippen LogP contribution in [0.1, 0.15) is 30.9 Å². The van der Waals surface area contributed by atoms with Crippen LogP contribution in [0, 0.1) is 6.92 Å². The number of hydrogen-bond donors (Lipinski definition) is 0. The molecule has 0 aromatic heterocycles. The van der Waals surface area contributed by atoms with Gasteiger partial charge in [-0.1, -0.05) is 64.5 Å². The molecule has 0 saturated heterocycles. The van der Waals surface area contributed by atoms with Gasteiger partial charge in [0.1, 0.15) is 0 Å². The first-order valence-corrected chi connectivity index (χ1v) is 12.4. The zero-order valence-electron chi connectivity index (χ0n) is 18.4. The summed E-state index contributed by atoms with van der Waals surface area (Å²) in [6, 6.07) is 26.5. The van der Waals surface area contributed by atoms with Crippen molar-refractivity contribution in [2.75, 3.05) is 10.0 Å².